The first kappa shape index (κ1) is 46.4. The summed E-state index contributed by atoms with van der Waals surface area (Å²) in [6, 6.07) is 89.9. The van der Waals surface area contributed by atoms with Crippen LogP contribution in [0.4, 0.5) is 0 Å². The van der Waals surface area contributed by atoms with Crippen LogP contribution in [0, 0.1) is 0 Å². The Bertz CT molecular complexity index is 3930. The van der Waals surface area contributed by atoms with Crippen LogP contribution in [-0.2, 0) is 10.8 Å². The van der Waals surface area contributed by atoms with E-state index >= 15 is 0 Å². The molecule has 0 unspecified atom stereocenters. The van der Waals surface area contributed by atoms with Crippen molar-refractivity contribution in [1.82, 2.24) is 4.98 Å². The van der Waals surface area contributed by atoms with Crippen LogP contribution in [0.5, 0.6) is 0 Å². The number of aromatic nitrogens is 1. The number of rotatable bonds is 8. The first-order valence-corrected chi connectivity index (χ1v) is 26.0. The Balaban J connectivity index is 0.954. The molecule has 12 aromatic rings. The fourth-order valence-corrected chi connectivity index (χ4v) is 11.0. The molecule has 0 saturated heterocycles. The molecule has 1 aromatic heterocycles. The van der Waals surface area contributed by atoms with E-state index in [9.17, 15) is 0 Å². The molecule has 74 heavy (non-hydrogen) atoms. The second kappa shape index (κ2) is 18.8. The molecule has 1 heterocycles. The summed E-state index contributed by atoms with van der Waals surface area (Å²) in [6.45, 7) is 13.7. The van der Waals surface area contributed by atoms with Crippen LogP contribution < -0.4 is 0 Å². The molecule has 0 radical (unpaired) electrons. The van der Waals surface area contributed by atoms with E-state index in [1.165, 1.54) is 110 Å². The molecule has 0 amide bonds. The zero-order valence-corrected chi connectivity index (χ0v) is 43.1. The molecule has 0 atom stereocenters. The van der Waals surface area contributed by atoms with Gasteiger partial charge in [0.05, 0.1) is 5.69 Å². The van der Waals surface area contributed by atoms with Crippen molar-refractivity contribution in [2.75, 3.05) is 0 Å². The lowest BCUT2D eigenvalue weighted by Crippen LogP contribution is -2.10. The Kier molecular flexibility index (Phi) is 11.8. The van der Waals surface area contributed by atoms with Crippen molar-refractivity contribution in [3.63, 3.8) is 0 Å². The summed E-state index contributed by atoms with van der Waals surface area (Å²) in [5.74, 6) is 0. The highest BCUT2D eigenvalue weighted by atomic mass is 14.7. The van der Waals surface area contributed by atoms with E-state index in [-0.39, 0.29) is 10.8 Å². The molecule has 0 aliphatic heterocycles. The van der Waals surface area contributed by atoms with E-state index in [0.29, 0.717) is 0 Å². The number of hydrogen-bond acceptors (Lipinski definition) is 1. The van der Waals surface area contributed by atoms with Gasteiger partial charge in [0.15, 0.2) is 0 Å². The summed E-state index contributed by atoms with van der Waals surface area (Å²) < 4.78 is 0. The second-order valence-corrected chi connectivity index (χ2v) is 22.0. The molecule has 0 fully saturated rings. The van der Waals surface area contributed by atoms with Crippen LogP contribution >= 0.6 is 0 Å². The maximum atomic E-state index is 4.92. The maximum Gasteiger partial charge on any atom is 0.0708 e. The van der Waals surface area contributed by atoms with Crippen molar-refractivity contribution in [2.24, 2.45) is 0 Å². The molecule has 1 nitrogen and oxygen atoms in total. The zero-order chi connectivity index (χ0) is 50.6. The summed E-state index contributed by atoms with van der Waals surface area (Å²) in [4.78, 5) is 4.92. The van der Waals surface area contributed by atoms with Gasteiger partial charge in [-0.15, -0.1) is 0 Å². The van der Waals surface area contributed by atoms with Gasteiger partial charge in [-0.05, 0) is 169 Å². The zero-order valence-electron chi connectivity index (χ0n) is 43.1. The predicted octanol–water partition coefficient (Wildman–Crippen LogP) is 20.5. The molecule has 0 saturated carbocycles. The van der Waals surface area contributed by atoms with Gasteiger partial charge in [0, 0.05) is 11.8 Å². The van der Waals surface area contributed by atoms with Crippen LogP contribution in [-0.4, -0.2) is 4.98 Å². The minimum absolute atomic E-state index is 0.0266. The third-order valence-corrected chi connectivity index (χ3v) is 15.1. The van der Waals surface area contributed by atoms with Gasteiger partial charge in [-0.2, -0.15) is 0 Å². The van der Waals surface area contributed by atoms with E-state index in [4.69, 9.17) is 4.98 Å². The Hall–Kier alpha value is -8.65. The summed E-state index contributed by atoms with van der Waals surface area (Å²) in [7, 11) is 0. The number of fused-ring (bicyclic) bond motifs is 6. The monoisotopic (exact) mass is 949 g/mol. The first-order chi connectivity index (χ1) is 35.9. The van der Waals surface area contributed by atoms with Crippen molar-refractivity contribution < 1.29 is 0 Å². The average molecular weight is 950 g/mol. The van der Waals surface area contributed by atoms with Gasteiger partial charge in [-0.25, -0.2) is 0 Å². The van der Waals surface area contributed by atoms with Crippen LogP contribution in [0.25, 0.3) is 121 Å². The quantitative estimate of drug-likeness (QED) is 0.138. The lowest BCUT2D eigenvalue weighted by molar-refractivity contribution is 0.590. The largest absolute Gasteiger partial charge is 0.256 e. The van der Waals surface area contributed by atoms with Gasteiger partial charge < -0.3 is 0 Å². The minimum Gasteiger partial charge on any atom is -0.256 e. The van der Waals surface area contributed by atoms with Crippen molar-refractivity contribution in [3.8, 4) is 89.1 Å². The van der Waals surface area contributed by atoms with Crippen molar-refractivity contribution in [1.29, 1.82) is 0 Å². The lowest BCUT2D eigenvalue weighted by Gasteiger charge is -2.21. The lowest BCUT2D eigenvalue weighted by atomic mass is 9.83. The highest BCUT2D eigenvalue weighted by Gasteiger charge is 2.20. The molecular weight excluding hydrogens is 891 g/mol. The third-order valence-electron chi connectivity index (χ3n) is 15.1. The van der Waals surface area contributed by atoms with Crippen LogP contribution in [0.3, 0.4) is 0 Å². The van der Waals surface area contributed by atoms with E-state index in [1.807, 2.05) is 6.20 Å². The molecule has 0 spiro atoms. The second-order valence-electron chi connectivity index (χ2n) is 22.0. The number of hydrogen-bond donors (Lipinski definition) is 0. The van der Waals surface area contributed by atoms with Crippen LogP contribution in [0.15, 0.2) is 249 Å². The van der Waals surface area contributed by atoms with Gasteiger partial charge >= 0.3 is 0 Å². The highest BCUT2D eigenvalue weighted by molar-refractivity contribution is 6.25. The SMILES string of the molecule is CC(C)(C)c1cccc(-c2ccccc2-c2cc(-c3ccccc3-c3ccc(-c4cc(-c5ccc6c7ccccc7c7ccccc7c6c5)ccn4)cc3)cc(-c3ccccc3-c3cccc(C(C)(C)C)c3)c2)c1. The van der Waals surface area contributed by atoms with Gasteiger partial charge in [-0.1, -0.05) is 248 Å². The predicted molar refractivity (Wildman–Crippen MR) is 318 cm³/mol. The Morgan fingerprint density at radius 1 is 0.230 bits per heavy atom. The molecule has 0 bridgehead atoms. The maximum absolute atomic E-state index is 4.92. The normalized spacial score (nSPS) is 11.9. The summed E-state index contributed by atoms with van der Waals surface area (Å²) in [5, 5.41) is 7.66. The molecule has 1 heteroatoms. The van der Waals surface area contributed by atoms with Crippen LogP contribution in [0.2, 0.25) is 0 Å². The third kappa shape index (κ3) is 8.79. The van der Waals surface area contributed by atoms with E-state index < -0.39 is 0 Å². The van der Waals surface area contributed by atoms with Crippen LogP contribution in [0.1, 0.15) is 52.7 Å². The smallest absolute Gasteiger partial charge is 0.0708 e. The molecule has 0 aliphatic rings. The molecular formula is C73H59N. The number of benzene rings is 11. The minimum atomic E-state index is 0.0266. The summed E-state index contributed by atoms with van der Waals surface area (Å²) in [5.41, 5.74) is 21.4. The fourth-order valence-electron chi connectivity index (χ4n) is 11.0. The van der Waals surface area contributed by atoms with E-state index in [0.717, 1.165) is 22.4 Å². The standard InChI is InChI=1S/C73H59N/c1-72(2,3)57-21-17-19-52(44-57)60-24-8-11-27-63(60)55-41-54(42-56(43-55)64-28-12-9-25-61(64)53-20-18-22-58(45-53)73(4,5)6)62-26-10-7-23-59(62)48-33-35-49(36-34-48)71-47-51(39-40-74-71)50-37-38-69-67-31-14-13-29-65(67)66-30-15-16-32-68(66)70(69)46-50/h7-47H,1-6H3. The van der Waals surface area contributed by atoms with Crippen molar-refractivity contribution in [2.45, 2.75) is 52.4 Å². The topological polar surface area (TPSA) is 12.9 Å². The van der Waals surface area contributed by atoms with Gasteiger partial charge in [0.2, 0.25) is 0 Å². The van der Waals surface area contributed by atoms with Gasteiger partial charge in [-0.3, -0.25) is 4.98 Å². The summed E-state index contributed by atoms with van der Waals surface area (Å²) in [6.07, 6.45) is 1.94. The van der Waals surface area contributed by atoms with Gasteiger partial charge in [0.25, 0.3) is 0 Å². The number of pyridine rings is 1. The molecule has 12 rings (SSSR count). The highest BCUT2D eigenvalue weighted by Crippen LogP contribution is 2.44. The van der Waals surface area contributed by atoms with Crippen molar-refractivity contribution in [3.05, 3.63) is 260 Å². The Labute approximate surface area is 436 Å². The van der Waals surface area contributed by atoms with E-state index in [1.54, 1.807) is 0 Å². The number of nitrogens with zero attached hydrogens (tertiary/aromatic N) is 1. The molecule has 0 aliphatic carbocycles. The fraction of sp³-hybridized carbons (Fsp3) is 0.110. The Morgan fingerprint density at radius 2 is 0.581 bits per heavy atom. The average Bonchev–Trinajstić information content (AvgIpc) is 3.45. The van der Waals surface area contributed by atoms with Crippen molar-refractivity contribution >= 4 is 32.3 Å². The first-order valence-electron chi connectivity index (χ1n) is 26.0. The molecule has 0 N–H and O–H groups in total. The Morgan fingerprint density at radius 3 is 1.03 bits per heavy atom. The summed E-state index contributed by atoms with van der Waals surface area (Å²) >= 11 is 0. The molecule has 11 aromatic carbocycles. The van der Waals surface area contributed by atoms with E-state index in [2.05, 4.69) is 284 Å². The van der Waals surface area contributed by atoms with Gasteiger partial charge in [0.1, 0.15) is 0 Å². The molecule has 356 valence electrons.